The number of benzene rings is 2. The second-order valence-corrected chi connectivity index (χ2v) is 6.01. The third kappa shape index (κ3) is 2.59. The minimum Gasteiger partial charge on any atom is -0.493 e. The molecule has 21 heavy (non-hydrogen) atoms. The fourth-order valence-electron chi connectivity index (χ4n) is 2.38. The van der Waals surface area contributed by atoms with Gasteiger partial charge >= 0.3 is 0 Å². The number of rotatable bonds is 4. The van der Waals surface area contributed by atoms with Gasteiger partial charge in [-0.2, -0.15) is 0 Å². The van der Waals surface area contributed by atoms with E-state index in [4.69, 9.17) is 21.1 Å². The molecule has 1 unspecified atom stereocenters. The molecule has 3 aromatic rings. The van der Waals surface area contributed by atoms with Gasteiger partial charge in [0.25, 0.3) is 0 Å². The van der Waals surface area contributed by atoms with Gasteiger partial charge in [0.1, 0.15) is 0 Å². The van der Waals surface area contributed by atoms with E-state index >= 15 is 0 Å². The summed E-state index contributed by atoms with van der Waals surface area (Å²) in [4.78, 5) is 0. The number of alkyl halides is 1. The smallest absolute Gasteiger partial charge is 0.161 e. The van der Waals surface area contributed by atoms with Crippen molar-refractivity contribution in [1.82, 2.24) is 0 Å². The number of thiophene rings is 1. The molecule has 0 aliphatic rings. The van der Waals surface area contributed by atoms with E-state index < -0.39 is 0 Å². The molecule has 108 valence electrons. The van der Waals surface area contributed by atoms with Crippen molar-refractivity contribution in [1.29, 1.82) is 0 Å². The van der Waals surface area contributed by atoms with E-state index in [2.05, 4.69) is 17.5 Å². The maximum atomic E-state index is 6.69. The Morgan fingerprint density at radius 3 is 2.52 bits per heavy atom. The predicted octanol–water partition coefficient (Wildman–Crippen LogP) is 5.25. The Balaban J connectivity index is 2.04. The number of halogens is 1. The second-order valence-electron chi connectivity index (χ2n) is 4.66. The van der Waals surface area contributed by atoms with Crippen LogP contribution < -0.4 is 9.47 Å². The lowest BCUT2D eigenvalue weighted by atomic mass is 10.0. The van der Waals surface area contributed by atoms with Gasteiger partial charge in [0.05, 0.1) is 19.6 Å². The molecule has 0 spiro atoms. The predicted molar refractivity (Wildman–Crippen MR) is 89.1 cm³/mol. The van der Waals surface area contributed by atoms with Gasteiger partial charge in [0, 0.05) is 4.70 Å². The van der Waals surface area contributed by atoms with Crippen LogP contribution in [-0.2, 0) is 0 Å². The van der Waals surface area contributed by atoms with Crippen molar-refractivity contribution in [2.24, 2.45) is 0 Å². The Labute approximate surface area is 132 Å². The van der Waals surface area contributed by atoms with Crippen molar-refractivity contribution in [3.63, 3.8) is 0 Å². The molecule has 0 aliphatic carbocycles. The minimum atomic E-state index is -0.207. The topological polar surface area (TPSA) is 18.5 Å². The van der Waals surface area contributed by atoms with E-state index in [1.54, 1.807) is 25.6 Å². The first-order chi connectivity index (χ1) is 10.2. The highest BCUT2D eigenvalue weighted by atomic mass is 35.5. The van der Waals surface area contributed by atoms with Crippen molar-refractivity contribution >= 4 is 33.0 Å². The monoisotopic (exact) mass is 318 g/mol. The van der Waals surface area contributed by atoms with Gasteiger partial charge in [-0.3, -0.25) is 0 Å². The Bertz CT molecular complexity index is 766. The van der Waals surface area contributed by atoms with Crippen molar-refractivity contribution in [3.05, 3.63) is 59.0 Å². The van der Waals surface area contributed by atoms with Crippen molar-refractivity contribution < 1.29 is 9.47 Å². The summed E-state index contributed by atoms with van der Waals surface area (Å²) in [7, 11) is 3.26. The van der Waals surface area contributed by atoms with Crippen LogP contribution in [0.25, 0.3) is 10.1 Å². The average molecular weight is 319 g/mol. The van der Waals surface area contributed by atoms with Gasteiger partial charge < -0.3 is 9.47 Å². The Kier molecular flexibility index (Phi) is 4.04. The van der Waals surface area contributed by atoms with Crippen molar-refractivity contribution in [3.8, 4) is 11.5 Å². The summed E-state index contributed by atoms with van der Waals surface area (Å²) in [6.07, 6.45) is 0. The third-order valence-electron chi connectivity index (χ3n) is 3.48. The normalized spacial score (nSPS) is 12.3. The minimum absolute atomic E-state index is 0.207. The molecule has 0 aliphatic heterocycles. The summed E-state index contributed by atoms with van der Waals surface area (Å²) in [6, 6.07) is 14.1. The molecular weight excluding hydrogens is 304 g/mol. The zero-order valence-corrected chi connectivity index (χ0v) is 13.4. The first-order valence-electron chi connectivity index (χ1n) is 6.56. The molecule has 1 atom stereocenters. The maximum Gasteiger partial charge on any atom is 0.161 e. The van der Waals surface area contributed by atoms with Crippen LogP contribution in [0.5, 0.6) is 11.5 Å². The van der Waals surface area contributed by atoms with Crippen LogP contribution in [0.15, 0.2) is 47.8 Å². The molecule has 0 amide bonds. The summed E-state index contributed by atoms with van der Waals surface area (Å²) in [6.45, 7) is 0. The molecule has 1 heterocycles. The maximum absolute atomic E-state index is 6.69. The van der Waals surface area contributed by atoms with Crippen LogP contribution in [0, 0.1) is 0 Å². The number of ether oxygens (including phenoxy) is 2. The summed E-state index contributed by atoms with van der Waals surface area (Å²) in [5.41, 5.74) is 2.13. The van der Waals surface area contributed by atoms with Gasteiger partial charge in [0.2, 0.25) is 0 Å². The fourth-order valence-corrected chi connectivity index (χ4v) is 3.76. The Hall–Kier alpha value is -1.71. The van der Waals surface area contributed by atoms with E-state index in [-0.39, 0.29) is 5.38 Å². The van der Waals surface area contributed by atoms with Gasteiger partial charge in [-0.15, -0.1) is 22.9 Å². The van der Waals surface area contributed by atoms with Crippen LogP contribution in [-0.4, -0.2) is 14.2 Å². The first-order valence-corrected chi connectivity index (χ1v) is 7.88. The lowest BCUT2D eigenvalue weighted by Gasteiger charge is -2.13. The van der Waals surface area contributed by atoms with Crippen LogP contribution in [0.4, 0.5) is 0 Å². The molecule has 0 radical (unpaired) electrons. The zero-order chi connectivity index (χ0) is 14.8. The molecule has 4 heteroatoms. The Morgan fingerprint density at radius 2 is 1.76 bits per heavy atom. The standard InChI is InChI=1S/C17H15ClO2S/c1-19-14-8-7-11(9-15(14)20-2)17(18)13-10-21-16-6-4-3-5-12(13)16/h3-10,17H,1-2H3. The number of hydrogen-bond donors (Lipinski definition) is 0. The van der Waals surface area contributed by atoms with E-state index in [1.165, 1.54) is 10.1 Å². The number of methoxy groups -OCH3 is 2. The molecule has 0 saturated carbocycles. The van der Waals surface area contributed by atoms with E-state index in [0.717, 1.165) is 11.1 Å². The molecule has 0 saturated heterocycles. The highest BCUT2D eigenvalue weighted by molar-refractivity contribution is 7.17. The van der Waals surface area contributed by atoms with E-state index in [9.17, 15) is 0 Å². The average Bonchev–Trinajstić information content (AvgIpc) is 2.97. The molecule has 0 fully saturated rings. The molecule has 0 bridgehead atoms. The summed E-state index contributed by atoms with van der Waals surface area (Å²) in [5, 5.41) is 3.12. The van der Waals surface area contributed by atoms with Gasteiger partial charge in [-0.1, -0.05) is 24.3 Å². The fraction of sp³-hybridized carbons (Fsp3) is 0.176. The Morgan fingerprint density at radius 1 is 1.00 bits per heavy atom. The van der Waals surface area contributed by atoms with Crippen LogP contribution in [0.1, 0.15) is 16.5 Å². The largest absolute Gasteiger partial charge is 0.493 e. The molecule has 3 rings (SSSR count). The first kappa shape index (κ1) is 14.2. The van der Waals surface area contributed by atoms with E-state index in [1.807, 2.05) is 30.3 Å². The third-order valence-corrected chi connectivity index (χ3v) is 4.95. The van der Waals surface area contributed by atoms with Crippen molar-refractivity contribution in [2.45, 2.75) is 5.38 Å². The van der Waals surface area contributed by atoms with Gasteiger partial charge in [-0.25, -0.2) is 0 Å². The van der Waals surface area contributed by atoms with Crippen molar-refractivity contribution in [2.75, 3.05) is 14.2 Å². The second kappa shape index (κ2) is 5.96. The number of hydrogen-bond acceptors (Lipinski definition) is 3. The molecule has 1 aromatic heterocycles. The lowest BCUT2D eigenvalue weighted by Crippen LogP contribution is -1.96. The summed E-state index contributed by atoms with van der Waals surface area (Å²) < 4.78 is 11.9. The zero-order valence-electron chi connectivity index (χ0n) is 11.8. The molecule has 2 aromatic carbocycles. The highest BCUT2D eigenvalue weighted by Gasteiger charge is 2.17. The highest BCUT2D eigenvalue weighted by Crippen LogP contribution is 2.39. The quantitative estimate of drug-likeness (QED) is 0.612. The summed E-state index contributed by atoms with van der Waals surface area (Å²) in [5.74, 6) is 1.40. The van der Waals surface area contributed by atoms with Crippen LogP contribution in [0.2, 0.25) is 0 Å². The number of fused-ring (bicyclic) bond motifs is 1. The van der Waals surface area contributed by atoms with Crippen LogP contribution in [0.3, 0.4) is 0 Å². The molecule has 2 nitrogen and oxygen atoms in total. The molecule has 0 N–H and O–H groups in total. The van der Waals surface area contributed by atoms with Crippen LogP contribution >= 0.6 is 22.9 Å². The van der Waals surface area contributed by atoms with Gasteiger partial charge in [-0.05, 0) is 40.1 Å². The SMILES string of the molecule is COc1ccc(C(Cl)c2csc3ccccc23)cc1OC. The summed E-state index contributed by atoms with van der Waals surface area (Å²) >= 11 is 8.40. The van der Waals surface area contributed by atoms with Gasteiger partial charge in [0.15, 0.2) is 11.5 Å². The lowest BCUT2D eigenvalue weighted by molar-refractivity contribution is 0.354. The van der Waals surface area contributed by atoms with E-state index in [0.29, 0.717) is 11.5 Å². The molecular formula is C17H15ClO2S.